The van der Waals surface area contributed by atoms with Gasteiger partial charge in [0.25, 0.3) is 0 Å². The molecular weight excluding hydrogens is 917 g/mol. The highest BCUT2D eigenvalue weighted by atomic mass is 32.3. The molecule has 24 heteroatoms. The molecule has 0 bridgehead atoms. The molecule has 0 amide bonds. The van der Waals surface area contributed by atoms with Crippen LogP contribution in [-0.2, 0) is 49.0 Å². The van der Waals surface area contributed by atoms with E-state index >= 15 is 0 Å². The summed E-state index contributed by atoms with van der Waals surface area (Å²) in [5, 5.41) is 8.34. The monoisotopic (exact) mass is 1010 g/mol. The third kappa shape index (κ3) is 63.5. The molecule has 0 saturated carbocycles. The molecule has 0 unspecified atom stereocenters. The lowest BCUT2D eigenvalue weighted by atomic mass is 10.2. The summed E-state index contributed by atoms with van der Waals surface area (Å²) < 4.78 is 85.5. The van der Waals surface area contributed by atoms with Crippen molar-refractivity contribution in [1.82, 2.24) is 0 Å². The van der Waals surface area contributed by atoms with Crippen molar-refractivity contribution < 1.29 is 66.0 Å². The zero-order chi connectivity index (χ0) is 46.8. The molecule has 0 atom stereocenters. The van der Waals surface area contributed by atoms with Gasteiger partial charge in [0.1, 0.15) is 0 Å². The zero-order valence-corrected chi connectivity index (χ0v) is 49.4. The molecule has 59 heavy (non-hydrogen) atoms. The van der Waals surface area contributed by atoms with E-state index in [1.54, 1.807) is 0 Å². The lowest BCUT2D eigenvalue weighted by Gasteiger charge is -2.40. The van der Waals surface area contributed by atoms with Gasteiger partial charge in [0, 0.05) is 13.2 Å². The van der Waals surface area contributed by atoms with Crippen molar-refractivity contribution in [2.24, 2.45) is 0 Å². The van der Waals surface area contributed by atoms with E-state index in [1.165, 1.54) is 38.5 Å². The lowest BCUT2D eigenvalue weighted by Crippen LogP contribution is -2.62. The summed E-state index contributed by atoms with van der Waals surface area (Å²) in [4.78, 5) is 10.6. The average molecular weight is 1010 g/mol. The largest absolute Gasteiger partial charge is 0.647 e. The maximum absolute atomic E-state index is 10.6. The van der Waals surface area contributed by atoms with Crippen LogP contribution in [0.25, 0.3) is 0 Å². The highest BCUT2D eigenvalue weighted by Gasteiger charge is 2.54. The number of aliphatic hydroxyl groups excluding tert-OH is 1. The van der Waals surface area contributed by atoms with Crippen LogP contribution in [0.4, 0.5) is 0 Å². The topological polar surface area (TPSA) is 198 Å². The molecule has 0 spiro atoms. The molecule has 4 N–H and O–H groups in total. The van der Waals surface area contributed by atoms with Gasteiger partial charge in [-0.15, -0.1) is 0 Å². The Morgan fingerprint density at radius 3 is 0.932 bits per heavy atom. The fourth-order valence-electron chi connectivity index (χ4n) is 4.26. The van der Waals surface area contributed by atoms with Gasteiger partial charge in [-0.05, 0) is 131 Å². The molecule has 0 radical (unpaired) electrons. The van der Waals surface area contributed by atoms with Gasteiger partial charge in [-0.2, -0.15) is 8.42 Å². The van der Waals surface area contributed by atoms with Crippen LogP contribution in [-0.4, -0.2) is 135 Å². The molecule has 0 fully saturated rings. The summed E-state index contributed by atoms with van der Waals surface area (Å²) in [7, 11) is -22.6. The maximum atomic E-state index is 10.6. The van der Waals surface area contributed by atoms with Crippen LogP contribution >= 0.6 is 0 Å². The second-order valence-electron chi connectivity index (χ2n) is 19.7. The van der Waals surface area contributed by atoms with Gasteiger partial charge in [0.15, 0.2) is 49.9 Å². The molecule has 0 aromatic carbocycles. The Morgan fingerprint density at radius 2 is 0.695 bits per heavy atom. The number of hydrogen-bond acceptors (Lipinski definition) is 13. The predicted molar refractivity (Wildman–Crippen MR) is 264 cm³/mol. The molecular formula is C35H96O15SSi8. The Labute approximate surface area is 372 Å². The Kier molecular flexibility index (Phi) is 38.4. The van der Waals surface area contributed by atoms with Crippen LogP contribution in [0.2, 0.25) is 118 Å². The summed E-state index contributed by atoms with van der Waals surface area (Å²) in [6.07, 6.45) is 9.80. The van der Waals surface area contributed by atoms with Crippen molar-refractivity contribution in [2.45, 2.75) is 190 Å². The first kappa shape index (κ1) is 69.2. The van der Waals surface area contributed by atoms with E-state index < -0.39 is 78.4 Å². The minimum Gasteiger partial charge on any atom is -0.395 e. The van der Waals surface area contributed by atoms with Gasteiger partial charge in [-0.3, -0.25) is 9.11 Å². The SMILES string of the molecule is C.CCCCCCOCCO.CCCCCCOCCO[Si](O[Si](C)(C)C)(O[Si](C)(C)C)O[Si](C)(C)C.C[Si](C)(C)O[Si](O)(O[Si](C)(C)C)O[Si](C)(C)C.O=S(=O)(O)O. The number of aliphatic hydroxyl groups is 1. The van der Waals surface area contributed by atoms with E-state index in [0.717, 1.165) is 26.1 Å². The van der Waals surface area contributed by atoms with E-state index in [-0.39, 0.29) is 14.0 Å². The molecule has 364 valence electrons. The van der Waals surface area contributed by atoms with Gasteiger partial charge >= 0.3 is 28.5 Å². The Hall–Kier alpha value is 1.17. The Bertz CT molecular complexity index is 1010. The van der Waals surface area contributed by atoms with E-state index in [1.807, 2.05) is 58.9 Å². The standard InChI is InChI=1S/C17H44O5Si4.C9H28O4Si4.C8H18O2.CH4.H2O4S/c1-11-12-13-14-15-18-16-17-19-26(20-23(2,3)4,21-24(5,6)7)22-25(8,9)10;1-14(2,3)11-17(10,12-15(4,5)6)13-16(7,8)9;1-2-3-4-5-7-10-8-6-9;;1-5(2,3)4/h11-17H2,1-10H3;10H,1-9H3;9H,2-8H2,1H3;1H4;(H2,1,2,3,4). The molecule has 0 rings (SSSR count). The smallest absolute Gasteiger partial charge is 0.395 e. The fourth-order valence-corrected chi connectivity index (χ4v) is 26.8. The average Bonchev–Trinajstić information content (AvgIpc) is 2.90. The van der Waals surface area contributed by atoms with Crippen molar-refractivity contribution >= 4 is 78.4 Å². The van der Waals surface area contributed by atoms with Crippen LogP contribution < -0.4 is 0 Å². The van der Waals surface area contributed by atoms with E-state index in [4.69, 9.17) is 61.2 Å². The second-order valence-corrected chi connectivity index (χ2v) is 53.2. The summed E-state index contributed by atoms with van der Waals surface area (Å²) in [6, 6.07) is 0. The minimum absolute atomic E-state index is 0. The molecule has 0 aliphatic carbocycles. The van der Waals surface area contributed by atoms with Gasteiger partial charge < -0.3 is 48.5 Å². The summed E-state index contributed by atoms with van der Waals surface area (Å²) in [5.74, 6) is 0. The minimum atomic E-state index is -4.67. The lowest BCUT2D eigenvalue weighted by molar-refractivity contribution is 0.0385. The van der Waals surface area contributed by atoms with E-state index in [9.17, 15) is 4.80 Å². The maximum Gasteiger partial charge on any atom is 0.647 e. The van der Waals surface area contributed by atoms with Crippen LogP contribution in [0.5, 0.6) is 0 Å². The Balaban J connectivity index is -0.000000251. The zero-order valence-electron chi connectivity index (χ0n) is 40.6. The van der Waals surface area contributed by atoms with Crippen LogP contribution in [0.15, 0.2) is 0 Å². The summed E-state index contributed by atoms with van der Waals surface area (Å²) in [6.45, 7) is 45.4. The molecule has 0 aliphatic heterocycles. The van der Waals surface area contributed by atoms with Gasteiger partial charge in [0.05, 0.1) is 26.4 Å². The predicted octanol–water partition coefficient (Wildman–Crippen LogP) is 10.1. The van der Waals surface area contributed by atoms with Crippen LogP contribution in [0.3, 0.4) is 0 Å². The molecule has 0 heterocycles. The van der Waals surface area contributed by atoms with E-state index in [0.29, 0.717) is 19.8 Å². The second kappa shape index (κ2) is 32.8. The number of hydrogen-bond donors (Lipinski definition) is 4. The summed E-state index contributed by atoms with van der Waals surface area (Å²) >= 11 is 0. The normalized spacial score (nSPS) is 13.3. The molecule has 0 aliphatic rings. The fraction of sp³-hybridized carbons (Fsp3) is 1.00. The van der Waals surface area contributed by atoms with E-state index in [2.05, 4.69) is 72.8 Å². The van der Waals surface area contributed by atoms with Crippen LogP contribution in [0.1, 0.15) is 72.6 Å². The molecule has 0 aromatic heterocycles. The summed E-state index contributed by atoms with van der Waals surface area (Å²) in [5.41, 5.74) is 0. The highest BCUT2D eigenvalue weighted by molar-refractivity contribution is 7.79. The van der Waals surface area contributed by atoms with Crippen molar-refractivity contribution in [2.75, 3.05) is 39.6 Å². The van der Waals surface area contributed by atoms with Gasteiger partial charge in [-0.1, -0.05) is 59.8 Å². The molecule has 0 saturated heterocycles. The first-order valence-corrected chi connectivity index (χ1v) is 45.9. The van der Waals surface area contributed by atoms with Crippen molar-refractivity contribution in [3.05, 3.63) is 0 Å². The first-order chi connectivity index (χ1) is 25.7. The quantitative estimate of drug-likeness (QED) is 0.0328. The van der Waals surface area contributed by atoms with Crippen LogP contribution in [0, 0.1) is 0 Å². The number of rotatable bonds is 28. The van der Waals surface area contributed by atoms with Crippen molar-refractivity contribution in [1.29, 1.82) is 0 Å². The first-order valence-electron chi connectivity index (χ1n) is 20.7. The third-order valence-electron chi connectivity index (χ3n) is 5.63. The number of ether oxygens (including phenoxy) is 2. The molecule has 0 aromatic rings. The van der Waals surface area contributed by atoms with Gasteiger partial charge in [-0.25, -0.2) is 0 Å². The third-order valence-corrected chi connectivity index (χ3v) is 27.0. The highest BCUT2D eigenvalue weighted by Crippen LogP contribution is 2.27. The van der Waals surface area contributed by atoms with Gasteiger partial charge in [0.2, 0.25) is 0 Å². The molecule has 15 nitrogen and oxygen atoms in total. The van der Waals surface area contributed by atoms with Crippen molar-refractivity contribution in [3.63, 3.8) is 0 Å². The Morgan fingerprint density at radius 1 is 0.424 bits per heavy atom. The number of unbranched alkanes of at least 4 members (excludes halogenated alkanes) is 6. The van der Waals surface area contributed by atoms with Crippen molar-refractivity contribution in [3.8, 4) is 0 Å².